The smallest absolute Gasteiger partial charge is 0.312 e. The average Bonchev–Trinajstić information content (AvgIpc) is 3.50. The fourth-order valence-electron chi connectivity index (χ4n) is 6.26. The van der Waals surface area contributed by atoms with Crippen molar-refractivity contribution in [3.05, 3.63) is 24.3 Å². The summed E-state index contributed by atoms with van der Waals surface area (Å²) in [5.74, 6) is -2.66. The van der Waals surface area contributed by atoms with Crippen LogP contribution in [-0.4, -0.2) is 77.9 Å². The van der Waals surface area contributed by atoms with Crippen LogP contribution in [0.4, 0.5) is 11.4 Å². The SMILES string of the molecule is CCOC(=O)[C@@H]1[C@H]2C(=O)N([C@@H](CC)CO)[C@H](C(=O)Nc3ccc(N(CC)CC)cc3)[C@]23CC[C@H]1O3. The van der Waals surface area contributed by atoms with Crippen LogP contribution < -0.4 is 10.2 Å². The summed E-state index contributed by atoms with van der Waals surface area (Å²) < 4.78 is 11.6. The van der Waals surface area contributed by atoms with Crippen molar-refractivity contribution in [2.24, 2.45) is 11.8 Å². The van der Waals surface area contributed by atoms with Crippen molar-refractivity contribution in [3.8, 4) is 0 Å². The monoisotopic (exact) mass is 487 g/mol. The van der Waals surface area contributed by atoms with Crippen LogP contribution >= 0.6 is 0 Å². The third-order valence-electron chi connectivity index (χ3n) is 7.88. The summed E-state index contributed by atoms with van der Waals surface area (Å²) in [7, 11) is 0. The number of ether oxygens (including phenoxy) is 2. The molecule has 0 aromatic heterocycles. The van der Waals surface area contributed by atoms with Crippen LogP contribution in [0, 0.1) is 11.8 Å². The summed E-state index contributed by atoms with van der Waals surface area (Å²) in [5, 5.41) is 13.0. The number of nitrogens with one attached hydrogen (secondary N) is 1. The number of aliphatic hydroxyl groups is 1. The molecule has 4 rings (SSSR count). The lowest BCUT2D eigenvalue weighted by atomic mass is 9.70. The quantitative estimate of drug-likeness (QED) is 0.487. The standard InChI is InChI=1S/C26H37N3O6/c1-5-17(15-30)29-22(23(31)27-16-9-11-18(12-10-16)28(6-2)7-3)26-14-13-19(35-26)20(21(26)24(29)32)25(33)34-8-4/h9-12,17,19-22,30H,5-8,13-15H2,1-4H3,(H,27,31)/t17-,19+,20-,21-,22+,26-/m0/s1. The van der Waals surface area contributed by atoms with Gasteiger partial charge in [0, 0.05) is 24.5 Å². The zero-order chi connectivity index (χ0) is 25.3. The van der Waals surface area contributed by atoms with Crippen LogP contribution in [0.25, 0.3) is 0 Å². The molecule has 2 N–H and O–H groups in total. The van der Waals surface area contributed by atoms with Crippen molar-refractivity contribution in [1.82, 2.24) is 4.90 Å². The maximum Gasteiger partial charge on any atom is 0.312 e. The van der Waals surface area contributed by atoms with Crippen molar-refractivity contribution in [3.63, 3.8) is 0 Å². The molecule has 0 unspecified atom stereocenters. The Hall–Kier alpha value is -2.65. The number of carbonyl (C=O) groups excluding carboxylic acids is 3. The average molecular weight is 488 g/mol. The summed E-state index contributed by atoms with van der Waals surface area (Å²) in [6, 6.07) is 6.12. The van der Waals surface area contributed by atoms with E-state index in [1.807, 2.05) is 31.2 Å². The number of benzene rings is 1. The molecule has 3 heterocycles. The Bertz CT molecular complexity index is 945. The molecule has 1 aromatic carbocycles. The van der Waals surface area contributed by atoms with Crippen molar-refractivity contribution >= 4 is 29.2 Å². The Morgan fingerprint density at radius 1 is 1.23 bits per heavy atom. The van der Waals surface area contributed by atoms with E-state index in [9.17, 15) is 19.5 Å². The zero-order valence-electron chi connectivity index (χ0n) is 21.0. The summed E-state index contributed by atoms with van der Waals surface area (Å²) in [6.07, 6.45) is 1.12. The lowest BCUT2D eigenvalue weighted by Gasteiger charge is -2.36. The van der Waals surface area contributed by atoms with Gasteiger partial charge in [0.1, 0.15) is 11.6 Å². The molecule has 35 heavy (non-hydrogen) atoms. The first-order chi connectivity index (χ1) is 16.9. The van der Waals surface area contributed by atoms with Crippen molar-refractivity contribution < 1.29 is 29.0 Å². The highest BCUT2D eigenvalue weighted by Crippen LogP contribution is 2.59. The number of fused-ring (bicyclic) bond motifs is 1. The van der Waals surface area contributed by atoms with E-state index in [0.29, 0.717) is 24.9 Å². The van der Waals surface area contributed by atoms with Gasteiger partial charge in [-0.2, -0.15) is 0 Å². The second-order valence-electron chi connectivity index (χ2n) is 9.51. The molecule has 9 heteroatoms. The minimum atomic E-state index is -1.10. The van der Waals surface area contributed by atoms with Crippen molar-refractivity contribution in [2.45, 2.75) is 70.7 Å². The first-order valence-electron chi connectivity index (χ1n) is 12.8. The second kappa shape index (κ2) is 10.1. The fourth-order valence-corrected chi connectivity index (χ4v) is 6.26. The number of esters is 1. The van der Waals surface area contributed by atoms with Crippen LogP contribution in [-0.2, 0) is 23.9 Å². The van der Waals surface area contributed by atoms with E-state index in [1.165, 1.54) is 4.90 Å². The fraction of sp³-hybridized carbons (Fsp3) is 0.654. The molecule has 9 nitrogen and oxygen atoms in total. The van der Waals surface area contributed by atoms with Gasteiger partial charge in [-0.3, -0.25) is 14.4 Å². The summed E-state index contributed by atoms with van der Waals surface area (Å²) in [4.78, 5) is 44.0. The number of hydrogen-bond donors (Lipinski definition) is 2. The molecular weight excluding hydrogens is 450 g/mol. The van der Waals surface area contributed by atoms with Gasteiger partial charge in [0.15, 0.2) is 0 Å². The van der Waals surface area contributed by atoms with Crippen LogP contribution in [0.3, 0.4) is 0 Å². The molecule has 2 bridgehead atoms. The molecule has 1 spiro atoms. The van der Waals surface area contributed by atoms with Crippen LogP contribution in [0.5, 0.6) is 0 Å². The molecule has 0 aliphatic carbocycles. The number of likely N-dealkylation sites (tertiary alicyclic amines) is 1. The lowest BCUT2D eigenvalue weighted by molar-refractivity contribution is -0.155. The normalized spacial score (nSPS) is 29.7. The maximum atomic E-state index is 13.8. The summed E-state index contributed by atoms with van der Waals surface area (Å²) in [6.45, 7) is 9.46. The molecule has 0 saturated carbocycles. The Kier molecular flexibility index (Phi) is 7.38. The van der Waals surface area contributed by atoms with E-state index < -0.39 is 41.6 Å². The number of carbonyl (C=O) groups is 3. The van der Waals surface area contributed by atoms with E-state index in [2.05, 4.69) is 24.1 Å². The maximum absolute atomic E-state index is 13.8. The van der Waals surface area contributed by atoms with Gasteiger partial charge in [-0.15, -0.1) is 0 Å². The van der Waals surface area contributed by atoms with Gasteiger partial charge in [0.25, 0.3) is 0 Å². The predicted molar refractivity (Wildman–Crippen MR) is 131 cm³/mol. The van der Waals surface area contributed by atoms with Crippen LogP contribution in [0.1, 0.15) is 47.0 Å². The number of anilines is 2. The number of amides is 2. The van der Waals surface area contributed by atoms with Gasteiger partial charge in [0.2, 0.25) is 11.8 Å². The number of aliphatic hydroxyl groups excluding tert-OH is 1. The number of nitrogens with zero attached hydrogens (tertiary/aromatic N) is 2. The summed E-state index contributed by atoms with van der Waals surface area (Å²) in [5.41, 5.74) is 0.572. The highest BCUT2D eigenvalue weighted by Gasteiger charge is 2.75. The van der Waals surface area contributed by atoms with E-state index in [4.69, 9.17) is 9.47 Å². The van der Waals surface area contributed by atoms with Gasteiger partial charge >= 0.3 is 5.97 Å². The molecular formula is C26H37N3O6. The van der Waals surface area contributed by atoms with E-state index in [1.54, 1.807) is 6.92 Å². The van der Waals surface area contributed by atoms with Gasteiger partial charge in [-0.05, 0) is 64.3 Å². The molecule has 3 fully saturated rings. The minimum Gasteiger partial charge on any atom is -0.466 e. The third kappa shape index (κ3) is 4.08. The Labute approximate surface area is 206 Å². The van der Waals surface area contributed by atoms with Crippen molar-refractivity contribution in [2.75, 3.05) is 36.5 Å². The highest BCUT2D eigenvalue weighted by atomic mass is 16.6. The van der Waals surface area contributed by atoms with Crippen LogP contribution in [0.15, 0.2) is 24.3 Å². The topological polar surface area (TPSA) is 108 Å². The molecule has 2 amide bonds. The van der Waals surface area contributed by atoms with Gasteiger partial charge in [-0.25, -0.2) is 0 Å². The van der Waals surface area contributed by atoms with E-state index >= 15 is 0 Å². The molecule has 3 saturated heterocycles. The largest absolute Gasteiger partial charge is 0.466 e. The molecule has 192 valence electrons. The molecule has 0 radical (unpaired) electrons. The summed E-state index contributed by atoms with van der Waals surface area (Å²) >= 11 is 0. The molecule has 3 aliphatic rings. The van der Waals surface area contributed by atoms with Crippen molar-refractivity contribution in [1.29, 1.82) is 0 Å². The second-order valence-corrected chi connectivity index (χ2v) is 9.51. The Morgan fingerprint density at radius 3 is 2.49 bits per heavy atom. The van der Waals surface area contributed by atoms with Gasteiger partial charge in [-0.1, -0.05) is 6.92 Å². The van der Waals surface area contributed by atoms with Crippen LogP contribution in [0.2, 0.25) is 0 Å². The van der Waals surface area contributed by atoms with Gasteiger partial charge < -0.3 is 29.7 Å². The number of rotatable bonds is 10. The minimum absolute atomic E-state index is 0.210. The van der Waals surface area contributed by atoms with E-state index in [-0.39, 0.29) is 25.0 Å². The molecule has 6 atom stereocenters. The van der Waals surface area contributed by atoms with Gasteiger partial charge in [0.05, 0.1) is 37.2 Å². The first-order valence-corrected chi connectivity index (χ1v) is 12.8. The Balaban J connectivity index is 1.65. The number of hydrogen-bond acceptors (Lipinski definition) is 7. The lowest BCUT2D eigenvalue weighted by Crippen LogP contribution is -2.56. The third-order valence-corrected chi connectivity index (χ3v) is 7.88. The first kappa shape index (κ1) is 25.4. The highest BCUT2D eigenvalue weighted by molar-refractivity contribution is 6.03. The Morgan fingerprint density at radius 2 is 1.91 bits per heavy atom. The predicted octanol–water partition coefficient (Wildman–Crippen LogP) is 2.18. The zero-order valence-corrected chi connectivity index (χ0v) is 21.0. The molecule has 3 aliphatic heterocycles. The van der Waals surface area contributed by atoms with E-state index in [0.717, 1.165) is 18.8 Å². The molecule has 1 aromatic rings.